The fourth-order valence-corrected chi connectivity index (χ4v) is 3.29. The van der Waals surface area contributed by atoms with Gasteiger partial charge in [0.15, 0.2) is 0 Å². The van der Waals surface area contributed by atoms with Gasteiger partial charge < -0.3 is 10.6 Å². The lowest BCUT2D eigenvalue weighted by Crippen LogP contribution is -2.58. The molecule has 1 aliphatic heterocycles. The number of anilines is 1. The summed E-state index contributed by atoms with van der Waals surface area (Å²) in [5.74, 6) is 0.209. The molecular formula is C14H17N5O2. The summed E-state index contributed by atoms with van der Waals surface area (Å²) in [5.41, 5.74) is 0.0309. The highest BCUT2D eigenvalue weighted by Crippen LogP contribution is 2.39. The van der Waals surface area contributed by atoms with Crippen LogP contribution in [0.5, 0.6) is 0 Å². The van der Waals surface area contributed by atoms with Gasteiger partial charge in [0.25, 0.3) is 0 Å². The number of nitrogens with zero attached hydrogens (tertiary/aromatic N) is 3. The van der Waals surface area contributed by atoms with Crippen LogP contribution in [0.2, 0.25) is 0 Å². The molecule has 21 heavy (non-hydrogen) atoms. The van der Waals surface area contributed by atoms with Crippen molar-refractivity contribution in [2.24, 2.45) is 0 Å². The topological polar surface area (TPSA) is 104 Å². The molecular weight excluding hydrogens is 270 g/mol. The number of hydrogen-bond donors (Lipinski definition) is 2. The lowest BCUT2D eigenvalue weighted by molar-refractivity contribution is -0.384. The van der Waals surface area contributed by atoms with Gasteiger partial charge in [0.2, 0.25) is 5.82 Å². The van der Waals surface area contributed by atoms with E-state index in [1.807, 2.05) is 6.07 Å². The summed E-state index contributed by atoms with van der Waals surface area (Å²) in [7, 11) is 0. The second kappa shape index (κ2) is 5.30. The van der Waals surface area contributed by atoms with Crippen LogP contribution < -0.4 is 10.6 Å². The Bertz CT molecular complexity index is 606. The van der Waals surface area contributed by atoms with Gasteiger partial charge in [0.05, 0.1) is 4.92 Å². The number of pyridine rings is 1. The third-order valence-electron chi connectivity index (χ3n) is 4.51. The first kappa shape index (κ1) is 13.8. The van der Waals surface area contributed by atoms with Crippen molar-refractivity contribution in [2.75, 3.05) is 11.9 Å². The first-order valence-corrected chi connectivity index (χ1v) is 7.19. The van der Waals surface area contributed by atoms with Crippen LogP contribution in [0.4, 0.5) is 11.5 Å². The molecule has 1 atom stereocenters. The second-order valence-corrected chi connectivity index (χ2v) is 5.82. The second-order valence-electron chi connectivity index (χ2n) is 5.82. The molecule has 1 aromatic rings. The summed E-state index contributed by atoms with van der Waals surface area (Å²) in [5, 5.41) is 27.0. The molecule has 2 heterocycles. The van der Waals surface area contributed by atoms with Gasteiger partial charge in [0, 0.05) is 17.8 Å². The van der Waals surface area contributed by atoms with Gasteiger partial charge in [-0.3, -0.25) is 10.1 Å². The van der Waals surface area contributed by atoms with E-state index in [2.05, 4.69) is 15.6 Å². The summed E-state index contributed by atoms with van der Waals surface area (Å²) < 4.78 is 0. The minimum absolute atomic E-state index is 0.0461. The van der Waals surface area contributed by atoms with E-state index in [0.29, 0.717) is 0 Å². The van der Waals surface area contributed by atoms with E-state index in [4.69, 9.17) is 5.26 Å². The van der Waals surface area contributed by atoms with Crippen LogP contribution in [0.3, 0.4) is 0 Å². The Morgan fingerprint density at radius 1 is 1.57 bits per heavy atom. The zero-order chi connectivity index (χ0) is 14.9. The Hall–Kier alpha value is -2.20. The predicted octanol–water partition coefficient (Wildman–Crippen LogP) is 1.95. The molecule has 1 unspecified atom stereocenters. The quantitative estimate of drug-likeness (QED) is 0.650. The Balaban J connectivity index is 1.81. The van der Waals surface area contributed by atoms with Crippen LogP contribution >= 0.6 is 0 Å². The summed E-state index contributed by atoms with van der Waals surface area (Å²) in [6, 6.07) is 3.39. The van der Waals surface area contributed by atoms with Gasteiger partial charge in [-0.15, -0.1) is 0 Å². The third-order valence-corrected chi connectivity index (χ3v) is 4.51. The fourth-order valence-electron chi connectivity index (χ4n) is 3.29. The predicted molar refractivity (Wildman–Crippen MR) is 76.8 cm³/mol. The maximum Gasteiger partial charge on any atom is 0.328 e. The standard InChI is InChI=1S/C14H17N5O2/c15-9-10-2-6-16-13(12(10)19(20)21)18-11-3-7-17-14(8-11)4-1-5-14/h2,6,11,17H,1,3-5,7-8H2,(H,16,18). The Morgan fingerprint density at radius 2 is 2.38 bits per heavy atom. The minimum Gasteiger partial charge on any atom is -0.361 e. The molecule has 7 nitrogen and oxygen atoms in total. The van der Waals surface area contributed by atoms with Gasteiger partial charge in [-0.2, -0.15) is 5.26 Å². The van der Waals surface area contributed by atoms with E-state index in [-0.39, 0.29) is 28.6 Å². The van der Waals surface area contributed by atoms with Crippen LogP contribution in [0.25, 0.3) is 0 Å². The highest BCUT2D eigenvalue weighted by molar-refractivity contribution is 5.64. The molecule has 7 heteroatoms. The summed E-state index contributed by atoms with van der Waals surface area (Å²) in [6.07, 6.45) is 6.86. The average molecular weight is 287 g/mol. The van der Waals surface area contributed by atoms with Gasteiger partial charge in [-0.25, -0.2) is 4.98 Å². The number of nitrogens with one attached hydrogen (secondary N) is 2. The van der Waals surface area contributed by atoms with E-state index >= 15 is 0 Å². The molecule has 2 aliphatic rings. The van der Waals surface area contributed by atoms with E-state index in [9.17, 15) is 10.1 Å². The number of hydrogen-bond acceptors (Lipinski definition) is 6. The van der Waals surface area contributed by atoms with Crippen molar-refractivity contribution in [2.45, 2.75) is 43.7 Å². The molecule has 1 aliphatic carbocycles. The Labute approximate surface area is 122 Å². The Morgan fingerprint density at radius 3 is 3.00 bits per heavy atom. The average Bonchev–Trinajstić information content (AvgIpc) is 2.45. The Kier molecular flexibility index (Phi) is 3.47. The summed E-state index contributed by atoms with van der Waals surface area (Å²) in [6.45, 7) is 0.906. The molecule has 110 valence electrons. The van der Waals surface area contributed by atoms with Crippen LogP contribution in [0.15, 0.2) is 12.3 Å². The molecule has 2 N–H and O–H groups in total. The molecule has 0 amide bonds. The van der Waals surface area contributed by atoms with Crippen molar-refractivity contribution >= 4 is 11.5 Å². The van der Waals surface area contributed by atoms with E-state index < -0.39 is 4.92 Å². The van der Waals surface area contributed by atoms with Crippen molar-refractivity contribution in [1.82, 2.24) is 10.3 Å². The molecule has 1 saturated heterocycles. The molecule has 0 aromatic carbocycles. The highest BCUT2D eigenvalue weighted by Gasteiger charge is 2.41. The monoisotopic (exact) mass is 287 g/mol. The first-order chi connectivity index (χ1) is 10.1. The maximum absolute atomic E-state index is 11.2. The zero-order valence-corrected chi connectivity index (χ0v) is 11.6. The largest absolute Gasteiger partial charge is 0.361 e. The third kappa shape index (κ3) is 2.54. The van der Waals surface area contributed by atoms with Crippen LogP contribution in [0, 0.1) is 21.4 Å². The fraction of sp³-hybridized carbons (Fsp3) is 0.571. The summed E-state index contributed by atoms with van der Waals surface area (Å²) >= 11 is 0. The normalized spacial score (nSPS) is 23.1. The van der Waals surface area contributed by atoms with Crippen molar-refractivity contribution < 1.29 is 4.92 Å². The number of nitriles is 1. The number of aromatic nitrogens is 1. The molecule has 0 bridgehead atoms. The SMILES string of the molecule is N#Cc1ccnc(NC2CCNC3(CCC3)C2)c1[N+](=O)[O-]. The molecule has 0 radical (unpaired) electrons. The molecule has 1 spiro atoms. The lowest BCUT2D eigenvalue weighted by Gasteiger charge is -2.48. The molecule has 2 fully saturated rings. The number of piperidine rings is 1. The minimum atomic E-state index is -0.534. The summed E-state index contributed by atoms with van der Waals surface area (Å²) in [4.78, 5) is 14.7. The van der Waals surface area contributed by atoms with Gasteiger partial charge >= 0.3 is 5.69 Å². The van der Waals surface area contributed by atoms with Crippen molar-refractivity contribution in [3.05, 3.63) is 27.9 Å². The van der Waals surface area contributed by atoms with Crippen LogP contribution in [0.1, 0.15) is 37.7 Å². The maximum atomic E-state index is 11.2. The van der Waals surface area contributed by atoms with Crippen LogP contribution in [-0.2, 0) is 0 Å². The van der Waals surface area contributed by atoms with Crippen molar-refractivity contribution in [3.8, 4) is 6.07 Å². The van der Waals surface area contributed by atoms with Gasteiger partial charge in [-0.1, -0.05) is 0 Å². The van der Waals surface area contributed by atoms with Gasteiger partial charge in [0.1, 0.15) is 11.6 Å². The van der Waals surface area contributed by atoms with E-state index in [0.717, 1.165) is 19.4 Å². The first-order valence-electron chi connectivity index (χ1n) is 7.19. The van der Waals surface area contributed by atoms with Crippen molar-refractivity contribution in [3.63, 3.8) is 0 Å². The molecule has 1 aromatic heterocycles. The molecule has 1 saturated carbocycles. The smallest absolute Gasteiger partial charge is 0.328 e. The number of nitro groups is 1. The van der Waals surface area contributed by atoms with Crippen molar-refractivity contribution in [1.29, 1.82) is 5.26 Å². The number of rotatable bonds is 3. The van der Waals surface area contributed by atoms with E-state index in [1.165, 1.54) is 31.5 Å². The highest BCUT2D eigenvalue weighted by atomic mass is 16.6. The lowest BCUT2D eigenvalue weighted by atomic mass is 9.70. The van der Waals surface area contributed by atoms with E-state index in [1.54, 1.807) is 0 Å². The zero-order valence-electron chi connectivity index (χ0n) is 11.6. The molecule has 3 rings (SSSR count). The van der Waals surface area contributed by atoms with Gasteiger partial charge in [-0.05, 0) is 44.7 Å². The van der Waals surface area contributed by atoms with Crippen LogP contribution in [-0.4, -0.2) is 28.0 Å².